The van der Waals surface area contributed by atoms with Crippen LogP contribution in [0.2, 0.25) is 0 Å². The minimum atomic E-state index is -2.44. The Kier molecular flexibility index (Phi) is 4.88. The first-order valence-electron chi connectivity index (χ1n) is 4.79. The van der Waals surface area contributed by atoms with Crippen LogP contribution in [0.25, 0.3) is 0 Å². The highest BCUT2D eigenvalue weighted by molar-refractivity contribution is 7.71. The Morgan fingerprint density at radius 3 is 2.25 bits per heavy atom. The molecule has 90 valence electrons. The second-order valence-corrected chi connectivity index (χ2v) is 4.51. The van der Waals surface area contributed by atoms with Gasteiger partial charge in [0, 0.05) is 0 Å². The van der Waals surface area contributed by atoms with Crippen molar-refractivity contribution in [1.29, 1.82) is 0 Å². The second kappa shape index (κ2) is 5.95. The summed E-state index contributed by atoms with van der Waals surface area (Å²) in [5, 5.41) is 18.4. The highest BCUT2D eigenvalue weighted by Gasteiger charge is 2.15. The topological polar surface area (TPSA) is 101 Å². The van der Waals surface area contributed by atoms with E-state index in [0.717, 1.165) is 0 Å². The van der Waals surface area contributed by atoms with Crippen molar-refractivity contribution in [2.45, 2.75) is 17.9 Å². The van der Waals surface area contributed by atoms with E-state index in [1.165, 1.54) is 0 Å². The fraction of sp³-hybridized carbons (Fsp3) is 0.400. The molecule has 0 fully saturated rings. The van der Waals surface area contributed by atoms with Crippen LogP contribution < -0.4 is 5.73 Å². The number of nitrogens with two attached hydrogens (primary N) is 1. The van der Waals surface area contributed by atoms with E-state index in [1.807, 2.05) is 0 Å². The number of aliphatic hydroxyl groups excluding tert-OH is 2. The van der Waals surface area contributed by atoms with Gasteiger partial charge in [0.05, 0.1) is 24.5 Å². The van der Waals surface area contributed by atoms with Crippen molar-refractivity contribution in [2.24, 2.45) is 5.73 Å². The lowest BCUT2D eigenvalue weighted by atomic mass is 10.0. The lowest BCUT2D eigenvalue weighted by molar-refractivity contribution is 0.109. The molecule has 4 N–H and O–H groups in total. The van der Waals surface area contributed by atoms with Gasteiger partial charge in [-0.3, -0.25) is 0 Å². The van der Waals surface area contributed by atoms with E-state index < -0.39 is 22.8 Å². The van der Waals surface area contributed by atoms with Gasteiger partial charge in [-0.05, 0) is 11.1 Å². The average Bonchev–Trinajstić information content (AvgIpc) is 2.27. The van der Waals surface area contributed by atoms with Crippen molar-refractivity contribution in [3.05, 3.63) is 35.4 Å². The molecule has 1 aromatic rings. The van der Waals surface area contributed by atoms with Gasteiger partial charge in [-0.25, -0.2) is 8.42 Å². The third-order valence-corrected chi connectivity index (χ3v) is 2.87. The summed E-state index contributed by atoms with van der Waals surface area (Å²) in [6.45, 7) is -0.310. The summed E-state index contributed by atoms with van der Waals surface area (Å²) < 4.78 is 21.0. The van der Waals surface area contributed by atoms with E-state index in [0.29, 0.717) is 11.1 Å². The molecule has 16 heavy (non-hydrogen) atoms. The monoisotopic (exact) mass is 245 g/mol. The van der Waals surface area contributed by atoms with Gasteiger partial charge in [0.2, 0.25) is 0 Å². The normalized spacial score (nSPS) is 15.0. The molecular formula is C10H15NO4S. The minimum Gasteiger partial charge on any atom is -0.395 e. The first-order valence-corrected chi connectivity index (χ1v) is 6.16. The van der Waals surface area contributed by atoms with E-state index in [1.54, 1.807) is 24.3 Å². The zero-order chi connectivity index (χ0) is 12.1. The van der Waals surface area contributed by atoms with E-state index >= 15 is 0 Å². The van der Waals surface area contributed by atoms with Gasteiger partial charge in [-0.15, -0.1) is 0 Å². The molecular weight excluding hydrogens is 230 g/mol. The highest BCUT2D eigenvalue weighted by Crippen LogP contribution is 2.16. The number of thiol groups is 1. The molecule has 0 aliphatic carbocycles. The van der Waals surface area contributed by atoms with Gasteiger partial charge in [0.1, 0.15) is 10.7 Å². The molecule has 5 nitrogen and oxygen atoms in total. The third-order valence-electron chi connectivity index (χ3n) is 2.25. The van der Waals surface area contributed by atoms with Crippen LogP contribution in [0.15, 0.2) is 24.3 Å². The van der Waals surface area contributed by atoms with Gasteiger partial charge in [0.15, 0.2) is 0 Å². The zero-order valence-electron chi connectivity index (χ0n) is 8.61. The maximum absolute atomic E-state index is 10.5. The van der Waals surface area contributed by atoms with Crippen molar-refractivity contribution < 1.29 is 18.6 Å². The SMILES string of the molecule is N[C@H](CO)[C@H](O)c1ccc(C[SH](=O)=O)cc1. The molecule has 0 aromatic heterocycles. The molecule has 0 radical (unpaired) electrons. The van der Waals surface area contributed by atoms with Crippen molar-refractivity contribution >= 4 is 10.7 Å². The Morgan fingerprint density at radius 2 is 1.81 bits per heavy atom. The Bertz CT molecular complexity index is 394. The predicted octanol–water partition coefficient (Wildman–Crippen LogP) is -0.849. The molecule has 0 bridgehead atoms. The summed E-state index contributed by atoms with van der Waals surface area (Å²) in [4.78, 5) is 0. The Hall–Kier alpha value is -0.950. The maximum Gasteiger partial charge on any atom is 0.144 e. The van der Waals surface area contributed by atoms with Gasteiger partial charge in [-0.1, -0.05) is 24.3 Å². The number of hydrogen-bond acceptors (Lipinski definition) is 5. The number of benzene rings is 1. The molecule has 6 heteroatoms. The molecule has 1 rings (SSSR count). The van der Waals surface area contributed by atoms with Crippen LogP contribution in [0.5, 0.6) is 0 Å². The van der Waals surface area contributed by atoms with E-state index in [9.17, 15) is 13.5 Å². The first kappa shape index (κ1) is 13.1. The van der Waals surface area contributed by atoms with Crippen LogP contribution >= 0.6 is 0 Å². The predicted molar refractivity (Wildman–Crippen MR) is 60.5 cm³/mol. The summed E-state index contributed by atoms with van der Waals surface area (Å²) >= 11 is 0. The molecule has 1 aromatic carbocycles. The van der Waals surface area contributed by atoms with Crippen LogP contribution in [-0.2, 0) is 16.5 Å². The molecule has 0 saturated heterocycles. The Morgan fingerprint density at radius 1 is 1.25 bits per heavy atom. The Balaban J connectivity index is 2.78. The van der Waals surface area contributed by atoms with Crippen LogP contribution in [0, 0.1) is 0 Å². The highest BCUT2D eigenvalue weighted by atomic mass is 32.2. The summed E-state index contributed by atoms with van der Waals surface area (Å²) in [6, 6.07) is 5.71. The number of hydrogen-bond donors (Lipinski definition) is 4. The molecule has 2 atom stereocenters. The largest absolute Gasteiger partial charge is 0.395 e. The van der Waals surface area contributed by atoms with Gasteiger partial charge >= 0.3 is 0 Å². The standard InChI is InChI=1S/C10H15NO4S/c11-9(5-12)10(13)8-3-1-7(2-4-8)6-16(14)15/h1-4,9-10,12-13,16H,5-6,11H2/t9-,10-/m1/s1. The van der Waals surface area contributed by atoms with Gasteiger partial charge in [-0.2, -0.15) is 0 Å². The quantitative estimate of drug-likeness (QED) is 0.506. The molecule has 0 unspecified atom stereocenters. The first-order chi connectivity index (χ1) is 7.54. The fourth-order valence-corrected chi connectivity index (χ4v) is 1.83. The minimum absolute atomic E-state index is 0.0161. The fourth-order valence-electron chi connectivity index (χ4n) is 1.32. The van der Waals surface area contributed by atoms with Crippen LogP contribution in [0.4, 0.5) is 0 Å². The lowest BCUT2D eigenvalue weighted by Crippen LogP contribution is -2.31. The van der Waals surface area contributed by atoms with Crippen LogP contribution in [-0.4, -0.2) is 31.3 Å². The molecule has 0 aliphatic rings. The number of rotatable bonds is 5. The molecule has 0 amide bonds. The summed E-state index contributed by atoms with van der Waals surface area (Å²) in [6.07, 6.45) is -0.944. The molecule has 0 aliphatic heterocycles. The summed E-state index contributed by atoms with van der Waals surface area (Å²) in [7, 11) is -2.44. The third kappa shape index (κ3) is 3.57. The van der Waals surface area contributed by atoms with Gasteiger partial charge < -0.3 is 15.9 Å². The van der Waals surface area contributed by atoms with Gasteiger partial charge in [0.25, 0.3) is 0 Å². The van der Waals surface area contributed by atoms with E-state index in [2.05, 4.69) is 0 Å². The van der Waals surface area contributed by atoms with Crippen LogP contribution in [0.1, 0.15) is 17.2 Å². The van der Waals surface area contributed by atoms with E-state index in [4.69, 9.17) is 10.8 Å². The molecule has 0 saturated carbocycles. The molecule has 0 heterocycles. The second-order valence-electron chi connectivity index (χ2n) is 3.52. The zero-order valence-corrected chi connectivity index (χ0v) is 9.51. The number of aliphatic hydroxyl groups is 2. The summed E-state index contributed by atoms with van der Waals surface area (Å²) in [5.74, 6) is -0.0161. The van der Waals surface area contributed by atoms with Crippen molar-refractivity contribution in [3.8, 4) is 0 Å². The maximum atomic E-state index is 10.5. The summed E-state index contributed by atoms with van der Waals surface area (Å²) in [5.41, 5.74) is 6.69. The van der Waals surface area contributed by atoms with Crippen molar-refractivity contribution in [2.75, 3.05) is 6.61 Å². The van der Waals surface area contributed by atoms with Crippen molar-refractivity contribution in [3.63, 3.8) is 0 Å². The lowest BCUT2D eigenvalue weighted by Gasteiger charge is -2.16. The Labute approximate surface area is 95.5 Å². The molecule has 0 spiro atoms. The van der Waals surface area contributed by atoms with E-state index in [-0.39, 0.29) is 12.4 Å². The smallest absolute Gasteiger partial charge is 0.144 e. The van der Waals surface area contributed by atoms with Crippen molar-refractivity contribution in [1.82, 2.24) is 0 Å². The average molecular weight is 245 g/mol. The van der Waals surface area contributed by atoms with Crippen LogP contribution in [0.3, 0.4) is 0 Å².